The van der Waals surface area contributed by atoms with Crippen molar-refractivity contribution in [3.63, 3.8) is 0 Å². The maximum atomic E-state index is 12.0. The second-order valence-electron chi connectivity index (χ2n) is 4.00. The van der Waals surface area contributed by atoms with Crippen LogP contribution in [0.2, 0.25) is 0 Å². The molecule has 0 atom stereocenters. The standard InChI is InChI=1S/C13H11N3OS/c1-8-3-2-4-12(14-8)16-13(17)10-7-11-9(15-10)5-6-18-11/h2-7,15H,1H3,(H,14,16,17). The highest BCUT2D eigenvalue weighted by Gasteiger charge is 2.10. The third-order valence-corrected chi connectivity index (χ3v) is 3.48. The van der Waals surface area contributed by atoms with E-state index in [1.54, 1.807) is 17.4 Å². The van der Waals surface area contributed by atoms with Crippen LogP contribution in [0.25, 0.3) is 10.2 Å². The molecule has 3 aromatic heterocycles. The Morgan fingerprint density at radius 1 is 1.39 bits per heavy atom. The summed E-state index contributed by atoms with van der Waals surface area (Å²) in [5.41, 5.74) is 2.42. The van der Waals surface area contributed by atoms with E-state index in [2.05, 4.69) is 15.3 Å². The minimum absolute atomic E-state index is 0.170. The number of hydrogen-bond donors (Lipinski definition) is 2. The van der Waals surface area contributed by atoms with Crippen LogP contribution in [0.15, 0.2) is 35.7 Å². The first-order valence-corrected chi connectivity index (χ1v) is 6.41. The van der Waals surface area contributed by atoms with Crippen molar-refractivity contribution in [2.75, 3.05) is 5.32 Å². The van der Waals surface area contributed by atoms with Crippen molar-refractivity contribution in [2.45, 2.75) is 6.92 Å². The number of carbonyl (C=O) groups excluding carboxylic acids is 1. The van der Waals surface area contributed by atoms with E-state index in [-0.39, 0.29) is 5.91 Å². The summed E-state index contributed by atoms with van der Waals surface area (Å²) in [6.07, 6.45) is 0. The van der Waals surface area contributed by atoms with Gasteiger partial charge in [-0.1, -0.05) is 6.07 Å². The number of nitrogens with zero attached hydrogens (tertiary/aromatic N) is 1. The number of carbonyl (C=O) groups is 1. The van der Waals surface area contributed by atoms with Gasteiger partial charge in [0, 0.05) is 5.69 Å². The molecular weight excluding hydrogens is 246 g/mol. The molecule has 0 aliphatic heterocycles. The molecule has 4 nitrogen and oxygen atoms in total. The van der Waals surface area contributed by atoms with Gasteiger partial charge in [0.15, 0.2) is 0 Å². The number of aromatic nitrogens is 2. The SMILES string of the molecule is Cc1cccc(NC(=O)c2cc3sccc3[nH]2)n1. The van der Waals surface area contributed by atoms with Crippen molar-refractivity contribution in [3.05, 3.63) is 47.1 Å². The average molecular weight is 257 g/mol. The lowest BCUT2D eigenvalue weighted by Gasteiger charge is -2.03. The smallest absolute Gasteiger partial charge is 0.273 e. The molecule has 90 valence electrons. The van der Waals surface area contributed by atoms with E-state index in [1.165, 1.54) is 0 Å². The third kappa shape index (κ3) is 2.00. The van der Waals surface area contributed by atoms with Crippen LogP contribution in [-0.2, 0) is 0 Å². The molecule has 0 saturated carbocycles. The summed E-state index contributed by atoms with van der Waals surface area (Å²) in [7, 11) is 0. The van der Waals surface area contributed by atoms with Gasteiger partial charge in [0.05, 0.1) is 10.2 Å². The molecule has 0 spiro atoms. The maximum Gasteiger partial charge on any atom is 0.273 e. The predicted octanol–water partition coefficient (Wildman–Crippen LogP) is 3.19. The Bertz CT molecular complexity index is 685. The predicted molar refractivity (Wildman–Crippen MR) is 73.1 cm³/mol. The number of anilines is 1. The van der Waals surface area contributed by atoms with Crippen LogP contribution in [0.4, 0.5) is 5.82 Å². The molecule has 0 aliphatic carbocycles. The van der Waals surface area contributed by atoms with Gasteiger partial charge in [-0.25, -0.2) is 4.98 Å². The highest BCUT2D eigenvalue weighted by atomic mass is 32.1. The van der Waals surface area contributed by atoms with E-state index in [4.69, 9.17) is 0 Å². The second kappa shape index (κ2) is 4.27. The molecule has 3 rings (SSSR count). The minimum atomic E-state index is -0.170. The first kappa shape index (κ1) is 11.0. The summed E-state index contributed by atoms with van der Waals surface area (Å²) < 4.78 is 1.08. The van der Waals surface area contributed by atoms with Crippen LogP contribution in [-0.4, -0.2) is 15.9 Å². The molecule has 2 N–H and O–H groups in total. The first-order chi connectivity index (χ1) is 8.72. The summed E-state index contributed by atoms with van der Waals surface area (Å²) in [5.74, 6) is 0.398. The fourth-order valence-corrected chi connectivity index (χ4v) is 2.55. The number of aromatic amines is 1. The number of rotatable bonds is 2. The molecule has 3 aromatic rings. The van der Waals surface area contributed by atoms with Crippen LogP contribution in [0.3, 0.4) is 0 Å². The van der Waals surface area contributed by atoms with Crippen LogP contribution in [0.1, 0.15) is 16.2 Å². The van der Waals surface area contributed by atoms with Gasteiger partial charge < -0.3 is 10.3 Å². The van der Waals surface area contributed by atoms with Gasteiger partial charge in [-0.15, -0.1) is 11.3 Å². The lowest BCUT2D eigenvalue weighted by atomic mass is 10.3. The van der Waals surface area contributed by atoms with E-state index in [0.29, 0.717) is 11.5 Å². The Morgan fingerprint density at radius 3 is 3.06 bits per heavy atom. The Morgan fingerprint density at radius 2 is 2.28 bits per heavy atom. The number of thiophene rings is 1. The molecule has 1 amide bonds. The van der Waals surface area contributed by atoms with Gasteiger partial charge in [0.2, 0.25) is 0 Å². The topological polar surface area (TPSA) is 57.8 Å². The van der Waals surface area contributed by atoms with E-state index >= 15 is 0 Å². The summed E-state index contributed by atoms with van der Waals surface area (Å²) in [4.78, 5) is 19.3. The van der Waals surface area contributed by atoms with Crippen molar-refractivity contribution < 1.29 is 4.79 Å². The number of fused-ring (bicyclic) bond motifs is 1. The highest BCUT2D eigenvalue weighted by molar-refractivity contribution is 7.17. The van der Waals surface area contributed by atoms with Gasteiger partial charge in [-0.3, -0.25) is 4.79 Å². The number of pyridine rings is 1. The molecule has 0 radical (unpaired) electrons. The lowest BCUT2D eigenvalue weighted by molar-refractivity contribution is 0.102. The Balaban J connectivity index is 1.85. The molecule has 0 aliphatic rings. The highest BCUT2D eigenvalue weighted by Crippen LogP contribution is 2.21. The van der Waals surface area contributed by atoms with E-state index < -0.39 is 0 Å². The van der Waals surface area contributed by atoms with E-state index in [0.717, 1.165) is 15.9 Å². The summed E-state index contributed by atoms with van der Waals surface area (Å²) in [6.45, 7) is 1.89. The summed E-state index contributed by atoms with van der Waals surface area (Å²) >= 11 is 1.61. The molecule has 3 heterocycles. The van der Waals surface area contributed by atoms with Crippen molar-refractivity contribution in [1.29, 1.82) is 0 Å². The van der Waals surface area contributed by atoms with Crippen molar-refractivity contribution in [1.82, 2.24) is 9.97 Å². The molecule has 0 unspecified atom stereocenters. The van der Waals surface area contributed by atoms with Gasteiger partial charge in [-0.2, -0.15) is 0 Å². The number of aryl methyl sites for hydroxylation is 1. The molecule has 18 heavy (non-hydrogen) atoms. The summed E-state index contributed by atoms with van der Waals surface area (Å²) in [5, 5.41) is 4.76. The maximum absolute atomic E-state index is 12.0. The molecule has 0 bridgehead atoms. The fraction of sp³-hybridized carbons (Fsp3) is 0.0769. The average Bonchev–Trinajstić information content (AvgIpc) is 2.88. The second-order valence-corrected chi connectivity index (χ2v) is 4.95. The van der Waals surface area contributed by atoms with Crippen molar-refractivity contribution in [2.24, 2.45) is 0 Å². The molecule has 5 heteroatoms. The molecule has 0 aromatic carbocycles. The Hall–Kier alpha value is -2.14. The lowest BCUT2D eigenvalue weighted by Crippen LogP contribution is -2.13. The van der Waals surface area contributed by atoms with Gasteiger partial charge in [0.1, 0.15) is 11.5 Å². The number of amides is 1. The zero-order valence-corrected chi connectivity index (χ0v) is 10.5. The first-order valence-electron chi connectivity index (χ1n) is 5.53. The third-order valence-electron chi connectivity index (χ3n) is 2.61. The molecular formula is C13H11N3OS. The van der Waals surface area contributed by atoms with E-state index in [1.807, 2.05) is 36.6 Å². The summed E-state index contributed by atoms with van der Waals surface area (Å²) in [6, 6.07) is 9.34. The Kier molecular flexibility index (Phi) is 2.60. The number of nitrogens with one attached hydrogen (secondary N) is 2. The zero-order valence-electron chi connectivity index (χ0n) is 9.73. The monoisotopic (exact) mass is 257 g/mol. The van der Waals surface area contributed by atoms with Crippen LogP contribution in [0, 0.1) is 6.92 Å². The number of hydrogen-bond acceptors (Lipinski definition) is 3. The van der Waals surface area contributed by atoms with E-state index in [9.17, 15) is 4.79 Å². The van der Waals surface area contributed by atoms with Gasteiger partial charge in [-0.05, 0) is 36.6 Å². The quantitative estimate of drug-likeness (QED) is 0.740. The molecule has 0 fully saturated rings. The largest absolute Gasteiger partial charge is 0.350 e. The Labute approximate surface area is 108 Å². The normalized spacial score (nSPS) is 10.7. The molecule has 0 saturated heterocycles. The number of H-pyrrole nitrogens is 1. The van der Waals surface area contributed by atoms with Crippen LogP contribution in [0.5, 0.6) is 0 Å². The minimum Gasteiger partial charge on any atom is -0.350 e. The van der Waals surface area contributed by atoms with Crippen molar-refractivity contribution in [3.8, 4) is 0 Å². The van der Waals surface area contributed by atoms with Gasteiger partial charge >= 0.3 is 0 Å². The zero-order chi connectivity index (χ0) is 12.5. The van der Waals surface area contributed by atoms with Crippen LogP contribution < -0.4 is 5.32 Å². The fourth-order valence-electron chi connectivity index (χ4n) is 1.77. The van der Waals surface area contributed by atoms with Gasteiger partial charge in [0.25, 0.3) is 5.91 Å². The van der Waals surface area contributed by atoms with Crippen LogP contribution >= 0.6 is 11.3 Å². The van der Waals surface area contributed by atoms with Crippen molar-refractivity contribution >= 4 is 33.3 Å².